The van der Waals surface area contributed by atoms with Crippen molar-refractivity contribution in [3.8, 4) is 0 Å². The van der Waals surface area contributed by atoms with Crippen molar-refractivity contribution in [2.24, 2.45) is 0 Å². The molecule has 116 valence electrons. The van der Waals surface area contributed by atoms with E-state index in [1.54, 1.807) is 6.92 Å². The van der Waals surface area contributed by atoms with Gasteiger partial charge in [-0.2, -0.15) is 4.31 Å². The highest BCUT2D eigenvalue weighted by Gasteiger charge is 2.37. The molecule has 1 aliphatic heterocycles. The maximum atomic E-state index is 12.8. The lowest BCUT2D eigenvalue weighted by Crippen LogP contribution is -2.55. The third-order valence-corrected chi connectivity index (χ3v) is 5.61. The fraction of sp³-hybridized carbons (Fsp3) is 0.500. The molecule has 0 spiro atoms. The third kappa shape index (κ3) is 3.19. The van der Waals surface area contributed by atoms with Gasteiger partial charge < -0.3 is 10.6 Å². The fourth-order valence-electron chi connectivity index (χ4n) is 2.13. The Morgan fingerprint density at radius 2 is 2.29 bits per heavy atom. The largest absolute Gasteiger partial charge is 0.369 e. The molecule has 1 aromatic heterocycles. The van der Waals surface area contributed by atoms with E-state index in [2.05, 4.69) is 31.5 Å². The maximum absolute atomic E-state index is 12.8. The highest BCUT2D eigenvalue weighted by atomic mass is 79.9. The topological polar surface area (TPSA) is 91.4 Å². The summed E-state index contributed by atoms with van der Waals surface area (Å²) in [6, 6.07) is 0.761. The Hall–Kier alpha value is -1.19. The van der Waals surface area contributed by atoms with Crippen LogP contribution in [-0.4, -0.2) is 49.3 Å². The summed E-state index contributed by atoms with van der Waals surface area (Å²) in [5, 5.41) is 5.59. The Labute approximate surface area is 132 Å². The summed E-state index contributed by atoms with van der Waals surface area (Å²) in [4.78, 5) is 15.9. The zero-order chi connectivity index (χ0) is 15.6. The molecule has 1 aromatic rings. The minimum Gasteiger partial charge on any atom is -0.369 e. The van der Waals surface area contributed by atoms with Crippen molar-refractivity contribution >= 4 is 37.7 Å². The van der Waals surface area contributed by atoms with E-state index in [-0.39, 0.29) is 17.3 Å². The van der Waals surface area contributed by atoms with E-state index in [1.807, 2.05) is 6.92 Å². The first-order valence-electron chi connectivity index (χ1n) is 6.57. The number of nitrogens with one attached hydrogen (secondary N) is 2. The van der Waals surface area contributed by atoms with Gasteiger partial charge in [-0.15, -0.1) is 0 Å². The van der Waals surface area contributed by atoms with Gasteiger partial charge in [-0.3, -0.25) is 4.79 Å². The number of carbonyl (C=O) groups excluding carboxylic acids is 1. The van der Waals surface area contributed by atoms with Crippen LogP contribution in [0.3, 0.4) is 0 Å². The van der Waals surface area contributed by atoms with E-state index in [4.69, 9.17) is 0 Å². The smallest absolute Gasteiger partial charge is 0.247 e. The van der Waals surface area contributed by atoms with Gasteiger partial charge >= 0.3 is 0 Å². The van der Waals surface area contributed by atoms with Crippen LogP contribution < -0.4 is 10.6 Å². The number of aromatic nitrogens is 1. The summed E-state index contributed by atoms with van der Waals surface area (Å²) in [7, 11) is -3.80. The number of rotatable bonds is 4. The first-order chi connectivity index (χ1) is 9.87. The van der Waals surface area contributed by atoms with Gasteiger partial charge in [-0.05, 0) is 35.8 Å². The van der Waals surface area contributed by atoms with Crippen LogP contribution in [0.4, 0.5) is 5.82 Å². The molecule has 21 heavy (non-hydrogen) atoms. The molecule has 1 unspecified atom stereocenters. The minimum atomic E-state index is -3.80. The zero-order valence-corrected chi connectivity index (χ0v) is 14.2. The van der Waals surface area contributed by atoms with Gasteiger partial charge in [0.25, 0.3) is 0 Å². The third-order valence-electron chi connectivity index (χ3n) is 3.19. The van der Waals surface area contributed by atoms with Gasteiger partial charge in [0, 0.05) is 30.3 Å². The van der Waals surface area contributed by atoms with Crippen molar-refractivity contribution < 1.29 is 13.2 Å². The highest BCUT2D eigenvalue weighted by Crippen LogP contribution is 2.27. The van der Waals surface area contributed by atoms with Crippen LogP contribution in [-0.2, 0) is 14.8 Å². The van der Waals surface area contributed by atoms with Crippen LogP contribution in [0.2, 0.25) is 0 Å². The number of carbonyl (C=O) groups is 1. The maximum Gasteiger partial charge on any atom is 0.247 e. The van der Waals surface area contributed by atoms with Crippen LogP contribution in [0.25, 0.3) is 0 Å². The normalized spacial score (nSPS) is 20.1. The molecule has 2 N–H and O–H groups in total. The van der Waals surface area contributed by atoms with E-state index >= 15 is 0 Å². The fourth-order valence-corrected chi connectivity index (χ4v) is 4.36. The predicted molar refractivity (Wildman–Crippen MR) is 82.5 cm³/mol. The number of hydrogen-bond acceptors (Lipinski definition) is 5. The lowest BCUT2D eigenvalue weighted by molar-refractivity contribution is -0.126. The molecular formula is C12H17BrN4O3S. The molecule has 9 heteroatoms. The Morgan fingerprint density at radius 3 is 2.95 bits per heavy atom. The van der Waals surface area contributed by atoms with Gasteiger partial charge in [-0.25, -0.2) is 13.4 Å². The minimum absolute atomic E-state index is 0.0697. The predicted octanol–water partition coefficient (Wildman–Crippen LogP) is 0.785. The second-order valence-corrected chi connectivity index (χ2v) is 7.39. The van der Waals surface area contributed by atoms with Crippen molar-refractivity contribution in [1.29, 1.82) is 0 Å². The van der Waals surface area contributed by atoms with E-state index in [1.165, 1.54) is 16.6 Å². The average molecular weight is 377 g/mol. The molecule has 1 aliphatic rings. The Morgan fingerprint density at radius 1 is 1.57 bits per heavy atom. The molecule has 2 heterocycles. The van der Waals surface area contributed by atoms with Crippen LogP contribution in [0.5, 0.6) is 0 Å². The summed E-state index contributed by atoms with van der Waals surface area (Å²) in [6.07, 6.45) is 1.53. The average Bonchev–Trinajstić information content (AvgIpc) is 2.43. The van der Waals surface area contributed by atoms with Crippen LogP contribution in [0, 0.1) is 0 Å². The first kappa shape index (κ1) is 16.2. The van der Waals surface area contributed by atoms with Crippen LogP contribution in [0.1, 0.15) is 13.8 Å². The lowest BCUT2D eigenvalue weighted by atomic mass is 10.2. The zero-order valence-electron chi connectivity index (χ0n) is 11.8. The SMILES string of the molecule is CCNc1ncc(Br)cc1S(=O)(=O)N1CCNC(=O)C1C. The Balaban J connectivity index is 2.48. The van der Waals surface area contributed by atoms with Gasteiger partial charge in [0.1, 0.15) is 16.8 Å². The molecular weight excluding hydrogens is 360 g/mol. The molecule has 0 aliphatic carbocycles. The number of sulfonamides is 1. The van der Waals surface area contributed by atoms with Gasteiger partial charge in [0.05, 0.1) is 0 Å². The summed E-state index contributed by atoms with van der Waals surface area (Å²) < 4.78 is 27.4. The molecule has 1 fully saturated rings. The van der Waals surface area contributed by atoms with Crippen molar-refractivity contribution in [3.63, 3.8) is 0 Å². The summed E-state index contributed by atoms with van der Waals surface area (Å²) >= 11 is 3.24. The number of pyridine rings is 1. The van der Waals surface area contributed by atoms with Gasteiger partial charge in [0.2, 0.25) is 15.9 Å². The molecule has 0 saturated carbocycles. The number of anilines is 1. The van der Waals surface area contributed by atoms with Gasteiger partial charge in [-0.1, -0.05) is 0 Å². The quantitative estimate of drug-likeness (QED) is 0.810. The summed E-state index contributed by atoms with van der Waals surface area (Å²) in [6.45, 7) is 4.53. The second-order valence-electron chi connectivity index (χ2n) is 4.61. The monoisotopic (exact) mass is 376 g/mol. The Kier molecular flexibility index (Phi) is 4.84. The van der Waals surface area contributed by atoms with E-state index in [0.29, 0.717) is 23.4 Å². The Bertz CT molecular complexity index is 650. The van der Waals surface area contributed by atoms with E-state index in [9.17, 15) is 13.2 Å². The summed E-state index contributed by atoms with van der Waals surface area (Å²) in [5.41, 5.74) is 0. The summed E-state index contributed by atoms with van der Waals surface area (Å²) in [5.74, 6) is -0.00309. The molecule has 2 rings (SSSR count). The molecule has 0 bridgehead atoms. The van der Waals surface area contributed by atoms with Crippen LogP contribution in [0.15, 0.2) is 21.6 Å². The van der Waals surface area contributed by atoms with Crippen molar-refractivity contribution in [2.75, 3.05) is 25.0 Å². The number of halogens is 1. The molecule has 1 saturated heterocycles. The van der Waals surface area contributed by atoms with Crippen molar-refractivity contribution in [2.45, 2.75) is 24.8 Å². The highest BCUT2D eigenvalue weighted by molar-refractivity contribution is 9.10. The molecule has 1 atom stereocenters. The number of piperazine rings is 1. The molecule has 0 radical (unpaired) electrons. The second kappa shape index (κ2) is 6.29. The van der Waals surface area contributed by atoms with Crippen molar-refractivity contribution in [3.05, 3.63) is 16.7 Å². The first-order valence-corrected chi connectivity index (χ1v) is 8.80. The van der Waals surface area contributed by atoms with Gasteiger partial charge in [0.15, 0.2) is 0 Å². The molecule has 0 aromatic carbocycles. The number of amides is 1. The van der Waals surface area contributed by atoms with E-state index in [0.717, 1.165) is 0 Å². The van der Waals surface area contributed by atoms with Crippen molar-refractivity contribution in [1.82, 2.24) is 14.6 Å². The number of nitrogens with zero attached hydrogens (tertiary/aromatic N) is 2. The molecule has 1 amide bonds. The standard InChI is InChI=1S/C12H17BrN4O3S/c1-3-14-11-10(6-9(13)7-16-11)21(19,20)17-5-4-15-12(18)8(17)2/h6-8H,3-5H2,1-2H3,(H,14,16)(H,15,18). The van der Waals surface area contributed by atoms with Crippen LogP contribution >= 0.6 is 15.9 Å². The van der Waals surface area contributed by atoms with E-state index < -0.39 is 16.1 Å². The lowest BCUT2D eigenvalue weighted by Gasteiger charge is -2.32. The number of hydrogen-bond donors (Lipinski definition) is 2. The molecule has 7 nitrogen and oxygen atoms in total.